The van der Waals surface area contributed by atoms with Crippen molar-refractivity contribution in [2.45, 2.75) is 19.8 Å². The van der Waals surface area contributed by atoms with E-state index in [1.807, 2.05) is 22.6 Å². The molecule has 0 unspecified atom stereocenters. The van der Waals surface area contributed by atoms with Crippen LogP contribution in [0.15, 0.2) is 16.7 Å². The predicted octanol–water partition coefficient (Wildman–Crippen LogP) is 3.30. The number of carbonyl (C=O) groups is 2. The van der Waals surface area contributed by atoms with Crippen molar-refractivity contribution in [1.82, 2.24) is 10.3 Å². The van der Waals surface area contributed by atoms with Gasteiger partial charge in [0.05, 0.1) is 6.61 Å². The van der Waals surface area contributed by atoms with Gasteiger partial charge in [0.15, 0.2) is 11.4 Å². The first-order valence-corrected chi connectivity index (χ1v) is 9.36. The molecule has 7 nitrogen and oxygen atoms in total. The van der Waals surface area contributed by atoms with Gasteiger partial charge in [0.1, 0.15) is 16.9 Å². The maximum absolute atomic E-state index is 12.1. The fourth-order valence-corrected chi connectivity index (χ4v) is 3.47. The van der Waals surface area contributed by atoms with E-state index >= 15 is 0 Å². The third-order valence-electron chi connectivity index (χ3n) is 3.34. The second-order valence-electron chi connectivity index (χ2n) is 5.21. The van der Waals surface area contributed by atoms with Crippen molar-refractivity contribution in [3.63, 3.8) is 0 Å². The second-order valence-corrected chi connectivity index (χ2v) is 7.12. The van der Waals surface area contributed by atoms with Gasteiger partial charge in [0, 0.05) is 14.3 Å². The molecule has 0 radical (unpaired) electrons. The quantitative estimate of drug-likeness (QED) is 0.292. The number of carboxylic acid groups (broad SMARTS) is 1. The molecule has 2 rings (SSSR count). The summed E-state index contributed by atoms with van der Waals surface area (Å²) >= 11 is 5.35. The predicted molar refractivity (Wildman–Crippen MR) is 104 cm³/mol. The molecular formula is C16H16BrIN2O5. The van der Waals surface area contributed by atoms with Crippen molar-refractivity contribution in [3.8, 4) is 11.5 Å². The van der Waals surface area contributed by atoms with Crippen LogP contribution in [0.25, 0.3) is 10.8 Å². The van der Waals surface area contributed by atoms with Crippen LogP contribution in [0.4, 0.5) is 0 Å². The van der Waals surface area contributed by atoms with E-state index < -0.39 is 18.4 Å². The molecule has 0 spiro atoms. The van der Waals surface area contributed by atoms with Gasteiger partial charge in [0.2, 0.25) is 0 Å². The van der Waals surface area contributed by atoms with Crippen molar-refractivity contribution in [2.75, 3.05) is 13.2 Å². The maximum Gasteiger partial charge on any atom is 0.322 e. The average Bonchev–Trinajstić information content (AvgIpc) is 2.55. The highest BCUT2D eigenvalue weighted by atomic mass is 127. The number of aliphatic carboxylic acids is 1. The molecular weight excluding hydrogens is 507 g/mol. The zero-order chi connectivity index (χ0) is 18.6. The Morgan fingerprint density at radius 2 is 2.12 bits per heavy atom. The van der Waals surface area contributed by atoms with Gasteiger partial charge in [-0.05, 0) is 57.1 Å². The molecule has 9 heteroatoms. The first-order chi connectivity index (χ1) is 11.8. The van der Waals surface area contributed by atoms with E-state index in [1.54, 1.807) is 12.1 Å². The number of hydrogen-bond donors (Lipinski definition) is 3. The lowest BCUT2D eigenvalue weighted by atomic mass is 10.1. The summed E-state index contributed by atoms with van der Waals surface area (Å²) in [6.45, 7) is 2.10. The zero-order valence-electron chi connectivity index (χ0n) is 13.3. The Morgan fingerprint density at radius 1 is 1.40 bits per heavy atom. The Balaban J connectivity index is 2.44. The Bertz CT molecular complexity index is 828. The molecule has 134 valence electrons. The van der Waals surface area contributed by atoms with Crippen molar-refractivity contribution in [2.24, 2.45) is 0 Å². The number of pyridine rings is 1. The molecule has 1 amide bonds. The first-order valence-electron chi connectivity index (χ1n) is 7.49. The number of carbonyl (C=O) groups excluding carboxylic acids is 1. The molecule has 0 saturated carbocycles. The molecule has 0 bridgehead atoms. The van der Waals surface area contributed by atoms with Gasteiger partial charge < -0.3 is 20.3 Å². The van der Waals surface area contributed by atoms with E-state index in [9.17, 15) is 14.7 Å². The highest BCUT2D eigenvalue weighted by molar-refractivity contribution is 14.1. The molecule has 0 saturated heterocycles. The summed E-state index contributed by atoms with van der Waals surface area (Å²) in [5.74, 6) is -1.60. The third kappa shape index (κ3) is 4.72. The van der Waals surface area contributed by atoms with E-state index in [0.717, 1.165) is 12.8 Å². The van der Waals surface area contributed by atoms with E-state index in [2.05, 4.69) is 33.2 Å². The largest absolute Gasteiger partial charge is 0.505 e. The van der Waals surface area contributed by atoms with E-state index in [-0.39, 0.29) is 11.4 Å². The number of hydrogen-bond acceptors (Lipinski definition) is 5. The fraction of sp³-hybridized carbons (Fsp3) is 0.312. The Labute approximate surface area is 166 Å². The van der Waals surface area contributed by atoms with Gasteiger partial charge in [-0.3, -0.25) is 9.59 Å². The monoisotopic (exact) mass is 522 g/mol. The fourth-order valence-electron chi connectivity index (χ4n) is 2.13. The molecule has 25 heavy (non-hydrogen) atoms. The highest BCUT2D eigenvalue weighted by Crippen LogP contribution is 2.38. The molecule has 0 aliphatic heterocycles. The number of fused-ring (bicyclic) bond motifs is 1. The van der Waals surface area contributed by atoms with Crippen molar-refractivity contribution < 1.29 is 24.5 Å². The van der Waals surface area contributed by atoms with Crippen LogP contribution in [0.3, 0.4) is 0 Å². The van der Waals surface area contributed by atoms with Gasteiger partial charge in [-0.15, -0.1) is 0 Å². The minimum absolute atomic E-state index is 0.238. The summed E-state index contributed by atoms with van der Waals surface area (Å²) < 4.78 is 6.74. The van der Waals surface area contributed by atoms with Crippen LogP contribution in [0.5, 0.6) is 11.5 Å². The third-order valence-corrected chi connectivity index (χ3v) is 4.79. The Kier molecular flexibility index (Phi) is 6.82. The number of aromatic nitrogens is 1. The number of nitrogens with one attached hydrogen (secondary N) is 1. The van der Waals surface area contributed by atoms with Crippen LogP contribution < -0.4 is 10.1 Å². The van der Waals surface area contributed by atoms with Gasteiger partial charge >= 0.3 is 5.97 Å². The van der Waals surface area contributed by atoms with Crippen LogP contribution in [0.1, 0.15) is 30.3 Å². The number of nitrogens with zero attached hydrogens (tertiary/aromatic N) is 1. The molecule has 0 atom stereocenters. The van der Waals surface area contributed by atoms with Crippen LogP contribution in [-0.4, -0.2) is 40.2 Å². The standard InChI is InChI=1S/C16H16BrIN2O5/c1-2-3-4-25-8-5-9-12(10(18)6-8)14(23)13(20-15(9)17)16(24)19-7-11(21)22/h5-6,23H,2-4,7H2,1H3,(H,19,24)(H,21,22). The SMILES string of the molecule is CCCCOc1cc(I)c2c(O)c(C(=O)NCC(=O)O)nc(Br)c2c1. The molecule has 0 aliphatic rings. The number of halogens is 2. The molecule has 0 fully saturated rings. The number of unbranched alkanes of at least 4 members (excludes halogenated alkanes) is 1. The lowest BCUT2D eigenvalue weighted by Crippen LogP contribution is -2.30. The van der Waals surface area contributed by atoms with Crippen LogP contribution in [0.2, 0.25) is 0 Å². The number of carboxylic acids is 1. The van der Waals surface area contributed by atoms with Gasteiger partial charge in [-0.25, -0.2) is 4.98 Å². The van der Waals surface area contributed by atoms with Crippen molar-refractivity contribution in [1.29, 1.82) is 0 Å². The van der Waals surface area contributed by atoms with Crippen LogP contribution in [-0.2, 0) is 4.79 Å². The summed E-state index contributed by atoms with van der Waals surface area (Å²) in [4.78, 5) is 26.7. The Hall–Kier alpha value is -1.62. The molecule has 0 aliphatic carbocycles. The van der Waals surface area contributed by atoms with Gasteiger partial charge in [-0.1, -0.05) is 13.3 Å². The minimum Gasteiger partial charge on any atom is -0.505 e. The summed E-state index contributed by atoms with van der Waals surface area (Å²) in [7, 11) is 0. The van der Waals surface area contributed by atoms with Crippen molar-refractivity contribution in [3.05, 3.63) is 26.0 Å². The van der Waals surface area contributed by atoms with Crippen LogP contribution >= 0.6 is 38.5 Å². The topological polar surface area (TPSA) is 109 Å². The van der Waals surface area contributed by atoms with Crippen LogP contribution in [0, 0.1) is 3.57 Å². The summed E-state index contributed by atoms with van der Waals surface area (Å²) in [6.07, 6.45) is 1.95. The number of aromatic hydroxyl groups is 1. The van der Waals surface area contributed by atoms with Gasteiger partial charge in [-0.2, -0.15) is 0 Å². The minimum atomic E-state index is -1.18. The lowest BCUT2D eigenvalue weighted by Gasteiger charge is -2.13. The van der Waals surface area contributed by atoms with E-state index in [1.165, 1.54) is 0 Å². The summed E-state index contributed by atoms with van der Waals surface area (Å²) in [5, 5.41) is 22.3. The smallest absolute Gasteiger partial charge is 0.322 e. The van der Waals surface area contributed by atoms with Gasteiger partial charge in [0.25, 0.3) is 5.91 Å². The molecule has 3 N–H and O–H groups in total. The Morgan fingerprint density at radius 3 is 2.76 bits per heavy atom. The number of benzene rings is 1. The lowest BCUT2D eigenvalue weighted by molar-refractivity contribution is -0.135. The van der Waals surface area contributed by atoms with E-state index in [4.69, 9.17) is 9.84 Å². The zero-order valence-corrected chi connectivity index (χ0v) is 17.0. The molecule has 1 aromatic heterocycles. The summed E-state index contributed by atoms with van der Waals surface area (Å²) in [5.41, 5.74) is -0.238. The second kappa shape index (κ2) is 8.65. The highest BCUT2D eigenvalue weighted by Gasteiger charge is 2.21. The average molecular weight is 523 g/mol. The number of amides is 1. The molecule has 1 aromatic carbocycles. The number of rotatable bonds is 7. The molecule has 2 aromatic rings. The molecule has 1 heterocycles. The van der Waals surface area contributed by atoms with E-state index in [0.29, 0.717) is 31.3 Å². The first kappa shape index (κ1) is 19.7. The normalized spacial score (nSPS) is 10.7. The van der Waals surface area contributed by atoms with Crippen molar-refractivity contribution >= 4 is 61.2 Å². The maximum atomic E-state index is 12.1. The number of ether oxygens (including phenoxy) is 1. The summed E-state index contributed by atoms with van der Waals surface area (Å²) in [6, 6.07) is 3.51.